The van der Waals surface area contributed by atoms with Crippen molar-refractivity contribution in [1.29, 1.82) is 0 Å². The molecule has 0 aromatic heterocycles. The summed E-state index contributed by atoms with van der Waals surface area (Å²) in [6.45, 7) is 7.42. The van der Waals surface area contributed by atoms with Crippen LogP contribution < -0.4 is 10.1 Å². The predicted octanol–water partition coefficient (Wildman–Crippen LogP) is 2.89. The maximum atomic E-state index is 5.78. The molecule has 98 valence electrons. The number of hydrogen-bond acceptors (Lipinski definition) is 3. The Morgan fingerprint density at radius 1 is 1.50 bits per heavy atom. The molecular formula is C15H22N2O. The first-order valence-electron chi connectivity index (χ1n) is 6.59. The van der Waals surface area contributed by atoms with E-state index < -0.39 is 0 Å². The van der Waals surface area contributed by atoms with E-state index in [4.69, 9.17) is 4.74 Å². The largest absolute Gasteiger partial charge is 0.489 e. The van der Waals surface area contributed by atoms with Gasteiger partial charge in [0.2, 0.25) is 0 Å². The van der Waals surface area contributed by atoms with E-state index in [0.29, 0.717) is 0 Å². The smallest absolute Gasteiger partial charge is 0.146 e. The summed E-state index contributed by atoms with van der Waals surface area (Å²) >= 11 is 0. The van der Waals surface area contributed by atoms with Crippen molar-refractivity contribution in [2.24, 2.45) is 0 Å². The number of anilines is 1. The highest BCUT2D eigenvalue weighted by molar-refractivity contribution is 5.61. The Balaban J connectivity index is 1.98. The Labute approximate surface area is 109 Å². The highest BCUT2D eigenvalue weighted by Gasteiger charge is 2.14. The summed E-state index contributed by atoms with van der Waals surface area (Å²) in [5.74, 6) is 1.03. The molecule has 0 unspecified atom stereocenters. The van der Waals surface area contributed by atoms with Gasteiger partial charge in [-0.15, -0.1) is 6.58 Å². The second kappa shape index (κ2) is 6.45. The van der Waals surface area contributed by atoms with E-state index in [9.17, 15) is 0 Å². The first-order valence-corrected chi connectivity index (χ1v) is 6.59. The van der Waals surface area contributed by atoms with Crippen LogP contribution in [0.15, 0.2) is 30.9 Å². The number of para-hydroxylation sites is 1. The van der Waals surface area contributed by atoms with Crippen LogP contribution in [0, 0.1) is 0 Å². The summed E-state index contributed by atoms with van der Waals surface area (Å²) in [7, 11) is 2.15. The first kappa shape index (κ1) is 13.0. The summed E-state index contributed by atoms with van der Waals surface area (Å²) in [5, 5.41) is 3.37. The van der Waals surface area contributed by atoms with Gasteiger partial charge in [0.05, 0.1) is 5.69 Å². The monoisotopic (exact) mass is 246 g/mol. The topological polar surface area (TPSA) is 24.5 Å². The second-order valence-electron chi connectivity index (χ2n) is 4.74. The number of nitrogens with zero attached hydrogens (tertiary/aromatic N) is 1. The zero-order chi connectivity index (χ0) is 12.8. The summed E-state index contributed by atoms with van der Waals surface area (Å²) < 4.78 is 5.78. The minimum absolute atomic E-state index is 0.754. The van der Waals surface area contributed by atoms with Crippen molar-refractivity contribution in [3.8, 4) is 5.75 Å². The lowest BCUT2D eigenvalue weighted by atomic mass is 10.1. The molecule has 18 heavy (non-hydrogen) atoms. The number of rotatable bonds is 6. The average molecular weight is 246 g/mol. The van der Waals surface area contributed by atoms with Crippen LogP contribution in [0.25, 0.3) is 0 Å². The first-order chi connectivity index (χ1) is 8.81. The molecule has 0 atom stereocenters. The molecule has 0 aliphatic carbocycles. The summed E-state index contributed by atoms with van der Waals surface area (Å²) in [6.07, 6.45) is 4.22. The Morgan fingerprint density at radius 3 is 3.22 bits per heavy atom. The molecule has 0 amide bonds. The van der Waals surface area contributed by atoms with E-state index in [1.165, 1.54) is 5.56 Å². The number of hydrogen-bond donors (Lipinski definition) is 1. The van der Waals surface area contributed by atoms with Crippen molar-refractivity contribution in [2.75, 3.05) is 32.1 Å². The van der Waals surface area contributed by atoms with Crippen molar-refractivity contribution >= 4 is 5.69 Å². The van der Waals surface area contributed by atoms with Gasteiger partial charge in [-0.05, 0) is 32.5 Å². The number of ether oxygens (including phenoxy) is 1. The van der Waals surface area contributed by atoms with Crippen LogP contribution in [0.3, 0.4) is 0 Å². The minimum atomic E-state index is 0.754. The third kappa shape index (κ3) is 3.26. The molecule has 1 aromatic rings. The van der Waals surface area contributed by atoms with Crippen LogP contribution in [0.5, 0.6) is 5.75 Å². The quantitative estimate of drug-likeness (QED) is 0.617. The van der Waals surface area contributed by atoms with Gasteiger partial charge in [0, 0.05) is 18.7 Å². The van der Waals surface area contributed by atoms with Gasteiger partial charge in [0.15, 0.2) is 0 Å². The van der Waals surface area contributed by atoms with E-state index >= 15 is 0 Å². The predicted molar refractivity (Wildman–Crippen MR) is 76.2 cm³/mol. The normalized spacial score (nSPS) is 13.7. The van der Waals surface area contributed by atoms with Gasteiger partial charge in [-0.1, -0.05) is 18.2 Å². The van der Waals surface area contributed by atoms with Crippen LogP contribution in [0.4, 0.5) is 5.69 Å². The Kier molecular flexibility index (Phi) is 4.65. The molecule has 1 aromatic carbocycles. The number of fused-ring (bicyclic) bond motifs is 1. The molecule has 0 saturated heterocycles. The standard InChI is InChI=1S/C15H22N2O/c1-3-4-5-10-17(2)12-13-7-6-8-14-15(13)18-11-9-16-14/h3,6-8,16H,1,4-5,9-12H2,2H3. The summed E-state index contributed by atoms with van der Waals surface area (Å²) in [5.41, 5.74) is 2.39. The van der Waals surface area contributed by atoms with Crippen LogP contribution >= 0.6 is 0 Å². The molecule has 3 nitrogen and oxygen atoms in total. The molecule has 1 aliphatic heterocycles. The fourth-order valence-electron chi connectivity index (χ4n) is 2.23. The summed E-state index contributed by atoms with van der Waals surface area (Å²) in [4.78, 5) is 2.33. The summed E-state index contributed by atoms with van der Waals surface area (Å²) in [6, 6.07) is 6.32. The van der Waals surface area contributed by atoms with Gasteiger partial charge < -0.3 is 15.0 Å². The zero-order valence-electron chi connectivity index (χ0n) is 11.1. The number of allylic oxidation sites excluding steroid dienone is 1. The lowest BCUT2D eigenvalue weighted by Crippen LogP contribution is -2.22. The fourth-order valence-corrected chi connectivity index (χ4v) is 2.23. The average Bonchev–Trinajstić information content (AvgIpc) is 2.39. The lowest BCUT2D eigenvalue weighted by Gasteiger charge is -2.24. The Hall–Kier alpha value is -1.48. The van der Waals surface area contributed by atoms with E-state index in [0.717, 1.165) is 50.5 Å². The van der Waals surface area contributed by atoms with Crippen molar-refractivity contribution in [1.82, 2.24) is 4.90 Å². The Morgan fingerprint density at radius 2 is 2.39 bits per heavy atom. The molecule has 1 N–H and O–H groups in total. The van der Waals surface area contributed by atoms with E-state index in [2.05, 4.69) is 42.0 Å². The molecule has 2 rings (SSSR count). The van der Waals surface area contributed by atoms with Crippen LogP contribution in [0.1, 0.15) is 18.4 Å². The van der Waals surface area contributed by atoms with E-state index in [-0.39, 0.29) is 0 Å². The number of unbranched alkanes of at least 4 members (excludes halogenated alkanes) is 1. The van der Waals surface area contributed by atoms with Crippen LogP contribution in [0.2, 0.25) is 0 Å². The maximum Gasteiger partial charge on any atom is 0.146 e. The molecule has 1 aliphatic rings. The van der Waals surface area contributed by atoms with Crippen LogP contribution in [-0.4, -0.2) is 31.6 Å². The molecule has 1 heterocycles. The highest BCUT2D eigenvalue weighted by atomic mass is 16.5. The van der Waals surface area contributed by atoms with Gasteiger partial charge >= 0.3 is 0 Å². The number of nitrogens with one attached hydrogen (secondary N) is 1. The Bertz CT molecular complexity index is 403. The molecule has 0 spiro atoms. The van der Waals surface area contributed by atoms with Crippen molar-refractivity contribution < 1.29 is 4.74 Å². The second-order valence-corrected chi connectivity index (χ2v) is 4.74. The van der Waals surface area contributed by atoms with E-state index in [1.54, 1.807) is 0 Å². The molecule has 0 fully saturated rings. The van der Waals surface area contributed by atoms with Gasteiger partial charge in [-0.2, -0.15) is 0 Å². The van der Waals surface area contributed by atoms with Crippen molar-refractivity contribution in [3.05, 3.63) is 36.4 Å². The third-order valence-electron chi connectivity index (χ3n) is 3.15. The van der Waals surface area contributed by atoms with Crippen LogP contribution in [-0.2, 0) is 6.54 Å². The van der Waals surface area contributed by atoms with Crippen molar-refractivity contribution in [2.45, 2.75) is 19.4 Å². The lowest BCUT2D eigenvalue weighted by molar-refractivity contribution is 0.294. The van der Waals surface area contributed by atoms with E-state index in [1.807, 2.05) is 6.08 Å². The van der Waals surface area contributed by atoms with Gasteiger partial charge in [-0.3, -0.25) is 0 Å². The molecular weight excluding hydrogens is 224 g/mol. The number of benzene rings is 1. The SMILES string of the molecule is C=CCCCN(C)Cc1cccc2c1OCCN2. The maximum absolute atomic E-state index is 5.78. The van der Waals surface area contributed by atoms with Crippen molar-refractivity contribution in [3.63, 3.8) is 0 Å². The minimum Gasteiger partial charge on any atom is -0.489 e. The molecule has 0 radical (unpaired) electrons. The third-order valence-corrected chi connectivity index (χ3v) is 3.15. The highest BCUT2D eigenvalue weighted by Crippen LogP contribution is 2.31. The molecule has 0 bridgehead atoms. The molecule has 3 heteroatoms. The van der Waals surface area contributed by atoms with Gasteiger partial charge in [0.25, 0.3) is 0 Å². The molecule has 0 saturated carbocycles. The van der Waals surface area contributed by atoms with Gasteiger partial charge in [0.1, 0.15) is 12.4 Å². The fraction of sp³-hybridized carbons (Fsp3) is 0.467. The zero-order valence-corrected chi connectivity index (χ0v) is 11.1. The van der Waals surface area contributed by atoms with Gasteiger partial charge in [-0.25, -0.2) is 0 Å².